The maximum absolute atomic E-state index is 13.4. The third-order valence-electron chi connectivity index (χ3n) is 4.73. The summed E-state index contributed by atoms with van der Waals surface area (Å²) in [7, 11) is -3.91. The quantitative estimate of drug-likeness (QED) is 0.490. The highest BCUT2D eigenvalue weighted by Crippen LogP contribution is 2.31. The van der Waals surface area contributed by atoms with Crippen LogP contribution < -0.4 is 9.62 Å². The van der Waals surface area contributed by atoms with E-state index < -0.39 is 34.4 Å². The van der Waals surface area contributed by atoms with E-state index in [1.54, 1.807) is 26.0 Å². The molecule has 1 N–H and O–H groups in total. The number of carbonyl (C=O) groups excluding carboxylic acids is 2. The zero-order chi connectivity index (χ0) is 24.9. The Morgan fingerprint density at radius 1 is 1.00 bits per heavy atom. The van der Waals surface area contributed by atoms with Gasteiger partial charge in [-0.25, -0.2) is 8.42 Å². The van der Waals surface area contributed by atoms with E-state index in [0.717, 1.165) is 10.6 Å². The van der Waals surface area contributed by atoms with Crippen LogP contribution >= 0.6 is 46.4 Å². The first-order valence-corrected chi connectivity index (χ1v) is 13.1. The van der Waals surface area contributed by atoms with E-state index in [0.29, 0.717) is 27.2 Å². The van der Waals surface area contributed by atoms with Crippen LogP contribution in [0.2, 0.25) is 20.1 Å². The van der Waals surface area contributed by atoms with Crippen LogP contribution in [-0.2, 0) is 26.2 Å². The van der Waals surface area contributed by atoms with Crippen molar-refractivity contribution in [3.8, 4) is 0 Å². The minimum atomic E-state index is -3.91. The van der Waals surface area contributed by atoms with Crippen LogP contribution in [0.5, 0.6) is 0 Å². The van der Waals surface area contributed by atoms with Crippen molar-refractivity contribution in [3.63, 3.8) is 0 Å². The molecule has 2 rings (SSSR count). The minimum Gasteiger partial charge on any atom is -0.355 e. The minimum absolute atomic E-state index is 0.0426. The largest absolute Gasteiger partial charge is 0.355 e. The summed E-state index contributed by atoms with van der Waals surface area (Å²) in [4.78, 5) is 27.2. The summed E-state index contributed by atoms with van der Waals surface area (Å²) < 4.78 is 25.9. The number of rotatable bonds is 9. The zero-order valence-corrected chi connectivity index (χ0v) is 22.0. The van der Waals surface area contributed by atoms with Gasteiger partial charge in [-0.05, 0) is 49.7 Å². The molecule has 33 heavy (non-hydrogen) atoms. The number of amides is 2. The SMILES string of the molecule is CCNC(=O)C(C)N(Cc1ccc(Cl)cc1Cl)C(=O)CN(c1ccc(Cl)cc1Cl)S(C)(=O)=O. The summed E-state index contributed by atoms with van der Waals surface area (Å²) >= 11 is 24.4. The van der Waals surface area contributed by atoms with Gasteiger partial charge in [0.1, 0.15) is 12.6 Å². The third-order valence-corrected chi connectivity index (χ3v) is 6.98. The summed E-state index contributed by atoms with van der Waals surface area (Å²) in [5, 5.41) is 3.76. The van der Waals surface area contributed by atoms with Crippen LogP contribution in [0.15, 0.2) is 36.4 Å². The molecular weight excluding hydrogens is 532 g/mol. The van der Waals surface area contributed by atoms with E-state index >= 15 is 0 Å². The van der Waals surface area contributed by atoms with Crippen molar-refractivity contribution in [3.05, 3.63) is 62.1 Å². The van der Waals surface area contributed by atoms with Crippen molar-refractivity contribution in [2.45, 2.75) is 26.4 Å². The molecular formula is C21H23Cl4N3O4S. The summed E-state index contributed by atoms with van der Waals surface area (Å²) in [6, 6.07) is 8.11. The number of benzene rings is 2. The number of hydrogen-bond donors (Lipinski definition) is 1. The lowest BCUT2D eigenvalue weighted by Crippen LogP contribution is -2.51. The van der Waals surface area contributed by atoms with Gasteiger partial charge < -0.3 is 10.2 Å². The Labute approximate surface area is 213 Å². The second kappa shape index (κ2) is 11.6. The zero-order valence-electron chi connectivity index (χ0n) is 18.1. The van der Waals surface area contributed by atoms with Crippen molar-refractivity contribution in [1.82, 2.24) is 10.2 Å². The van der Waals surface area contributed by atoms with Crippen LogP contribution in [-0.4, -0.2) is 50.5 Å². The predicted octanol–water partition coefficient (Wildman–Crippen LogP) is 4.62. The summed E-state index contributed by atoms with van der Waals surface area (Å²) in [5.74, 6) is -1.03. The Hall–Kier alpha value is -1.71. The molecule has 0 saturated heterocycles. The topological polar surface area (TPSA) is 86.8 Å². The Kier molecular flexibility index (Phi) is 9.70. The van der Waals surface area contributed by atoms with Gasteiger partial charge in [-0.15, -0.1) is 0 Å². The van der Waals surface area contributed by atoms with E-state index in [1.807, 2.05) is 0 Å². The Balaban J connectivity index is 2.45. The van der Waals surface area contributed by atoms with Crippen LogP contribution in [0.25, 0.3) is 0 Å². The monoisotopic (exact) mass is 553 g/mol. The van der Waals surface area contributed by atoms with Crippen LogP contribution in [0.1, 0.15) is 19.4 Å². The highest BCUT2D eigenvalue weighted by molar-refractivity contribution is 7.92. The second-order valence-electron chi connectivity index (χ2n) is 7.19. The van der Waals surface area contributed by atoms with Gasteiger partial charge in [0.05, 0.1) is 17.0 Å². The number of anilines is 1. The lowest BCUT2D eigenvalue weighted by Gasteiger charge is -2.31. The molecule has 0 aliphatic carbocycles. The lowest BCUT2D eigenvalue weighted by molar-refractivity contribution is -0.139. The molecule has 0 aliphatic heterocycles. The predicted molar refractivity (Wildman–Crippen MR) is 134 cm³/mol. The van der Waals surface area contributed by atoms with Crippen LogP contribution in [0.4, 0.5) is 5.69 Å². The molecule has 12 heteroatoms. The molecule has 1 atom stereocenters. The fourth-order valence-electron chi connectivity index (χ4n) is 3.02. The molecule has 0 bridgehead atoms. The van der Waals surface area contributed by atoms with Gasteiger partial charge in [0, 0.05) is 28.2 Å². The van der Waals surface area contributed by atoms with Crippen molar-refractivity contribution in [2.24, 2.45) is 0 Å². The fraction of sp³-hybridized carbons (Fsp3) is 0.333. The summed E-state index contributed by atoms with van der Waals surface area (Å²) in [5.41, 5.74) is 0.632. The molecule has 2 amide bonds. The van der Waals surface area contributed by atoms with Gasteiger partial charge in [0.2, 0.25) is 21.8 Å². The van der Waals surface area contributed by atoms with Gasteiger partial charge in [-0.3, -0.25) is 13.9 Å². The maximum atomic E-state index is 13.4. The smallest absolute Gasteiger partial charge is 0.244 e. The summed E-state index contributed by atoms with van der Waals surface area (Å²) in [6.07, 6.45) is 0.957. The molecule has 0 saturated carbocycles. The molecule has 0 aromatic heterocycles. The van der Waals surface area contributed by atoms with Crippen molar-refractivity contribution in [2.75, 3.05) is 23.7 Å². The van der Waals surface area contributed by atoms with Crippen molar-refractivity contribution >= 4 is 73.9 Å². The molecule has 0 fully saturated rings. The van der Waals surface area contributed by atoms with Gasteiger partial charge in [-0.2, -0.15) is 0 Å². The Morgan fingerprint density at radius 2 is 1.58 bits per heavy atom. The molecule has 180 valence electrons. The van der Waals surface area contributed by atoms with E-state index in [2.05, 4.69) is 5.32 Å². The van der Waals surface area contributed by atoms with E-state index in [1.165, 1.54) is 29.2 Å². The highest BCUT2D eigenvalue weighted by atomic mass is 35.5. The first-order chi connectivity index (χ1) is 15.3. The molecule has 2 aromatic rings. The molecule has 7 nitrogen and oxygen atoms in total. The number of nitrogens with zero attached hydrogens (tertiary/aromatic N) is 2. The van der Waals surface area contributed by atoms with E-state index in [-0.39, 0.29) is 17.3 Å². The van der Waals surface area contributed by atoms with Crippen LogP contribution in [0, 0.1) is 0 Å². The lowest BCUT2D eigenvalue weighted by atomic mass is 10.1. The van der Waals surface area contributed by atoms with Crippen molar-refractivity contribution in [1.29, 1.82) is 0 Å². The van der Waals surface area contributed by atoms with Gasteiger partial charge >= 0.3 is 0 Å². The first kappa shape index (κ1) is 27.5. The third kappa shape index (κ3) is 7.39. The van der Waals surface area contributed by atoms with E-state index in [4.69, 9.17) is 46.4 Å². The summed E-state index contributed by atoms with van der Waals surface area (Å²) in [6.45, 7) is 3.03. The number of sulfonamides is 1. The molecule has 2 aromatic carbocycles. The number of nitrogens with one attached hydrogen (secondary N) is 1. The normalized spacial score (nSPS) is 12.2. The molecule has 0 spiro atoms. The maximum Gasteiger partial charge on any atom is 0.244 e. The molecule has 1 unspecified atom stereocenters. The molecule has 0 aliphatic rings. The Bertz CT molecular complexity index is 1140. The Morgan fingerprint density at radius 3 is 2.09 bits per heavy atom. The van der Waals surface area contributed by atoms with Crippen LogP contribution in [0.3, 0.4) is 0 Å². The first-order valence-electron chi connectivity index (χ1n) is 9.79. The van der Waals surface area contributed by atoms with Crippen molar-refractivity contribution < 1.29 is 18.0 Å². The number of hydrogen-bond acceptors (Lipinski definition) is 4. The standard InChI is InChI=1S/C21H23Cl4N3O4S/c1-4-26-21(30)13(2)27(11-14-5-6-15(22)9-17(14)24)20(29)12-28(33(3,31)32)19-8-7-16(23)10-18(19)25/h5-10,13H,4,11-12H2,1-3H3,(H,26,30). The average Bonchev–Trinajstić information content (AvgIpc) is 2.70. The number of carbonyl (C=O) groups is 2. The second-order valence-corrected chi connectivity index (χ2v) is 10.8. The van der Waals surface area contributed by atoms with E-state index in [9.17, 15) is 18.0 Å². The van der Waals surface area contributed by atoms with Gasteiger partial charge in [-0.1, -0.05) is 52.5 Å². The molecule has 0 heterocycles. The highest BCUT2D eigenvalue weighted by Gasteiger charge is 2.31. The molecule has 0 radical (unpaired) electrons. The number of halogens is 4. The van der Waals surface area contributed by atoms with Gasteiger partial charge in [0.15, 0.2) is 0 Å². The van der Waals surface area contributed by atoms with Gasteiger partial charge in [0.25, 0.3) is 0 Å². The fourth-order valence-corrected chi connectivity index (χ4v) is 4.91. The average molecular weight is 555 g/mol. The number of likely N-dealkylation sites (N-methyl/N-ethyl adjacent to an activating group) is 1.